The zero-order valence-corrected chi connectivity index (χ0v) is 15.2. The number of aromatic nitrogens is 5. The largest absolute Gasteiger partial charge is 0.283 e. The quantitative estimate of drug-likeness (QED) is 0.530. The summed E-state index contributed by atoms with van der Waals surface area (Å²) in [6.07, 6.45) is 0. The molecule has 136 valence electrons. The summed E-state index contributed by atoms with van der Waals surface area (Å²) in [5, 5.41) is 17.6. The Labute approximate surface area is 158 Å². The lowest BCUT2D eigenvalue weighted by Crippen LogP contribution is -2.31. The minimum Gasteiger partial charge on any atom is -0.283 e. The first-order chi connectivity index (χ1) is 13.2. The number of hydrogen-bond donors (Lipinski definition) is 0. The van der Waals surface area contributed by atoms with E-state index in [1.54, 1.807) is 16.8 Å². The molecule has 0 aliphatic rings. The zero-order valence-electron chi connectivity index (χ0n) is 14.4. The average Bonchev–Trinajstić information content (AvgIpc) is 3.31. The average molecular weight is 382 g/mol. The summed E-state index contributed by atoms with van der Waals surface area (Å²) in [7, 11) is 0. The molecule has 1 amide bonds. The van der Waals surface area contributed by atoms with Gasteiger partial charge in [0.15, 0.2) is 0 Å². The topological polar surface area (TPSA) is 76.8 Å². The number of fused-ring (bicyclic) bond motifs is 1. The van der Waals surface area contributed by atoms with Gasteiger partial charge in [-0.05, 0) is 31.2 Å². The lowest BCUT2D eigenvalue weighted by atomic mass is 10.2. The van der Waals surface area contributed by atoms with Gasteiger partial charge in [-0.1, -0.05) is 40.8 Å². The lowest BCUT2D eigenvalue weighted by molar-refractivity contribution is 0.0984. The van der Waals surface area contributed by atoms with E-state index >= 15 is 0 Å². The molecule has 9 heteroatoms. The van der Waals surface area contributed by atoms with Crippen molar-refractivity contribution >= 4 is 33.4 Å². The van der Waals surface area contributed by atoms with Gasteiger partial charge in [0.1, 0.15) is 16.3 Å². The summed E-state index contributed by atoms with van der Waals surface area (Å²) in [6.45, 7) is 2.56. The molecule has 0 saturated carbocycles. The molecule has 0 aliphatic carbocycles. The van der Waals surface area contributed by atoms with E-state index in [2.05, 4.69) is 20.5 Å². The van der Waals surface area contributed by atoms with Crippen LogP contribution in [0.1, 0.15) is 22.3 Å². The number of carbonyl (C=O) groups excluding carboxylic acids is 1. The molecule has 0 unspecified atom stereocenters. The zero-order chi connectivity index (χ0) is 18.8. The Morgan fingerprint density at radius 2 is 1.89 bits per heavy atom. The summed E-state index contributed by atoms with van der Waals surface area (Å²) >= 11 is 1.27. The third kappa shape index (κ3) is 3.28. The fourth-order valence-corrected chi connectivity index (χ4v) is 3.61. The Balaban J connectivity index is 1.59. The van der Waals surface area contributed by atoms with Gasteiger partial charge in [-0.3, -0.25) is 9.69 Å². The van der Waals surface area contributed by atoms with Crippen LogP contribution in [0.2, 0.25) is 0 Å². The second kappa shape index (κ2) is 7.20. The third-order valence-corrected chi connectivity index (χ3v) is 4.99. The summed E-state index contributed by atoms with van der Waals surface area (Å²) in [5.74, 6) is -0.996. The molecule has 2 aromatic heterocycles. The number of benzene rings is 2. The van der Waals surface area contributed by atoms with Crippen LogP contribution >= 0.6 is 11.3 Å². The van der Waals surface area contributed by atoms with Gasteiger partial charge in [-0.25, -0.2) is 9.07 Å². The Kier molecular flexibility index (Phi) is 4.59. The van der Waals surface area contributed by atoms with E-state index in [0.717, 1.165) is 11.0 Å². The number of rotatable bonds is 5. The summed E-state index contributed by atoms with van der Waals surface area (Å²) in [4.78, 5) is 14.1. The fraction of sp³-hybridized carbons (Fsp3) is 0.167. The van der Waals surface area contributed by atoms with Gasteiger partial charge in [-0.15, -0.1) is 15.3 Å². The highest BCUT2D eigenvalue weighted by molar-refractivity contribution is 7.15. The highest BCUT2D eigenvalue weighted by atomic mass is 32.1. The van der Waals surface area contributed by atoms with Gasteiger partial charge in [0.05, 0.1) is 17.6 Å². The highest BCUT2D eigenvalue weighted by Crippen LogP contribution is 2.24. The SMILES string of the molecule is CCN(C(=O)c1ccccc1F)c1nnc(Cn2nnc3ccccc32)s1. The molecule has 0 fully saturated rings. The maximum absolute atomic E-state index is 14.0. The van der Waals surface area contributed by atoms with Crippen LogP contribution in [0.3, 0.4) is 0 Å². The molecule has 2 aromatic carbocycles. The van der Waals surface area contributed by atoms with Gasteiger partial charge in [-0.2, -0.15) is 0 Å². The Bertz CT molecular complexity index is 1110. The van der Waals surface area contributed by atoms with Crippen molar-refractivity contribution in [1.29, 1.82) is 0 Å². The van der Waals surface area contributed by atoms with E-state index in [9.17, 15) is 9.18 Å². The van der Waals surface area contributed by atoms with Crippen molar-refractivity contribution in [2.45, 2.75) is 13.5 Å². The maximum Gasteiger partial charge on any atom is 0.263 e. The van der Waals surface area contributed by atoms with E-state index in [0.29, 0.717) is 23.2 Å². The molecular weight excluding hydrogens is 367 g/mol. The molecule has 0 spiro atoms. The lowest BCUT2D eigenvalue weighted by Gasteiger charge is -2.17. The molecule has 0 saturated heterocycles. The van der Waals surface area contributed by atoms with Crippen molar-refractivity contribution in [3.63, 3.8) is 0 Å². The van der Waals surface area contributed by atoms with Crippen molar-refractivity contribution in [2.75, 3.05) is 11.4 Å². The number of halogens is 1. The number of carbonyl (C=O) groups is 1. The predicted molar refractivity (Wildman–Crippen MR) is 100 cm³/mol. The van der Waals surface area contributed by atoms with Crippen LogP contribution in [0.5, 0.6) is 0 Å². The Morgan fingerprint density at radius 3 is 2.70 bits per heavy atom. The van der Waals surface area contributed by atoms with Crippen molar-refractivity contribution < 1.29 is 9.18 Å². The Morgan fingerprint density at radius 1 is 1.11 bits per heavy atom. The molecule has 0 atom stereocenters. The van der Waals surface area contributed by atoms with Crippen LogP contribution in [-0.2, 0) is 6.54 Å². The van der Waals surface area contributed by atoms with Gasteiger partial charge < -0.3 is 0 Å². The van der Waals surface area contributed by atoms with E-state index in [4.69, 9.17) is 0 Å². The number of anilines is 1. The molecule has 0 N–H and O–H groups in total. The van der Waals surface area contributed by atoms with E-state index < -0.39 is 11.7 Å². The van der Waals surface area contributed by atoms with Crippen molar-refractivity contribution in [3.05, 3.63) is 64.9 Å². The van der Waals surface area contributed by atoms with Crippen LogP contribution in [0.25, 0.3) is 11.0 Å². The third-order valence-electron chi connectivity index (χ3n) is 4.06. The van der Waals surface area contributed by atoms with Crippen LogP contribution in [0.4, 0.5) is 9.52 Å². The smallest absolute Gasteiger partial charge is 0.263 e. The van der Waals surface area contributed by atoms with Gasteiger partial charge in [0.25, 0.3) is 5.91 Å². The summed E-state index contributed by atoms with van der Waals surface area (Å²) in [6, 6.07) is 13.5. The fourth-order valence-electron chi connectivity index (χ4n) is 2.73. The number of amides is 1. The molecule has 4 rings (SSSR count). The van der Waals surface area contributed by atoms with Crippen LogP contribution < -0.4 is 4.90 Å². The monoisotopic (exact) mass is 382 g/mol. The maximum atomic E-state index is 14.0. The normalized spacial score (nSPS) is 11.0. The second-order valence-electron chi connectivity index (χ2n) is 5.74. The molecule has 4 aromatic rings. The minimum absolute atomic E-state index is 0.0124. The molecule has 0 radical (unpaired) electrons. The van der Waals surface area contributed by atoms with Crippen molar-refractivity contribution in [1.82, 2.24) is 25.2 Å². The molecule has 0 bridgehead atoms. The minimum atomic E-state index is -0.556. The molecule has 0 aliphatic heterocycles. The number of hydrogen-bond acceptors (Lipinski definition) is 6. The number of nitrogens with zero attached hydrogens (tertiary/aromatic N) is 6. The van der Waals surface area contributed by atoms with Gasteiger partial charge >= 0.3 is 0 Å². The molecule has 2 heterocycles. The van der Waals surface area contributed by atoms with E-state index in [1.807, 2.05) is 31.2 Å². The molecule has 27 heavy (non-hydrogen) atoms. The van der Waals surface area contributed by atoms with Crippen LogP contribution in [0.15, 0.2) is 48.5 Å². The van der Waals surface area contributed by atoms with Crippen LogP contribution in [0, 0.1) is 5.82 Å². The second-order valence-corrected chi connectivity index (χ2v) is 6.78. The molecular formula is C18H15FN6OS. The first-order valence-corrected chi connectivity index (χ1v) is 9.16. The van der Waals surface area contributed by atoms with Crippen molar-refractivity contribution in [2.24, 2.45) is 0 Å². The summed E-state index contributed by atoms with van der Waals surface area (Å²) < 4.78 is 15.7. The highest BCUT2D eigenvalue weighted by Gasteiger charge is 2.22. The first kappa shape index (κ1) is 17.2. The predicted octanol–water partition coefficient (Wildman–Crippen LogP) is 3.14. The first-order valence-electron chi connectivity index (χ1n) is 8.34. The van der Waals surface area contributed by atoms with E-state index in [-0.39, 0.29) is 5.56 Å². The van der Waals surface area contributed by atoms with Crippen molar-refractivity contribution in [3.8, 4) is 0 Å². The van der Waals surface area contributed by atoms with Crippen LogP contribution in [-0.4, -0.2) is 37.6 Å². The van der Waals surface area contributed by atoms with E-state index in [1.165, 1.54) is 28.4 Å². The molecule has 7 nitrogen and oxygen atoms in total. The summed E-state index contributed by atoms with van der Waals surface area (Å²) in [5.41, 5.74) is 1.70. The Hall–Kier alpha value is -3.20. The standard InChI is InChI=1S/C18H15FN6OS/c1-2-24(17(26)12-7-3-4-8-13(12)19)18-22-21-16(27-18)11-25-15-10-6-5-9-14(15)20-23-25/h3-10H,2,11H2,1H3. The van der Waals surface area contributed by atoms with Gasteiger partial charge in [0, 0.05) is 6.54 Å². The number of para-hydroxylation sites is 1. The van der Waals surface area contributed by atoms with Gasteiger partial charge in [0.2, 0.25) is 5.13 Å².